The molecule has 2 N–H and O–H groups in total. The predicted octanol–water partition coefficient (Wildman–Crippen LogP) is 0.513. The Morgan fingerprint density at radius 1 is 1.57 bits per heavy atom. The lowest BCUT2D eigenvalue weighted by Crippen LogP contribution is -2.56. The van der Waals surface area contributed by atoms with Crippen molar-refractivity contribution in [2.45, 2.75) is 12.5 Å². The van der Waals surface area contributed by atoms with Gasteiger partial charge in [0.15, 0.2) is 5.82 Å². The van der Waals surface area contributed by atoms with E-state index < -0.39 is 40.8 Å². The lowest BCUT2D eigenvalue weighted by molar-refractivity contribution is -0.385. The number of halogens is 1. The van der Waals surface area contributed by atoms with E-state index in [-0.39, 0.29) is 18.8 Å². The van der Waals surface area contributed by atoms with Crippen LogP contribution in [0.4, 0.5) is 15.8 Å². The third kappa shape index (κ3) is 3.07. The van der Waals surface area contributed by atoms with E-state index in [1.54, 1.807) is 0 Å². The number of aliphatic carboxylic acids is 1. The molecule has 0 saturated carbocycles. The SMILES string of the molecule is O=C(O)CC1C(=O)NCCN1c1ccc([N+](=O)[O-])cc1F. The average Bonchev–Trinajstić information content (AvgIpc) is 2.41. The lowest BCUT2D eigenvalue weighted by atomic mass is 10.1. The quantitative estimate of drug-likeness (QED) is 0.618. The summed E-state index contributed by atoms with van der Waals surface area (Å²) in [6.07, 6.45) is -0.484. The molecule has 1 aromatic rings. The average molecular weight is 297 g/mol. The van der Waals surface area contributed by atoms with Crippen molar-refractivity contribution in [3.8, 4) is 0 Å². The number of non-ortho nitro benzene ring substituents is 1. The van der Waals surface area contributed by atoms with Crippen LogP contribution < -0.4 is 10.2 Å². The number of nitrogens with zero attached hydrogens (tertiary/aromatic N) is 2. The van der Waals surface area contributed by atoms with E-state index in [0.29, 0.717) is 0 Å². The molecule has 1 unspecified atom stereocenters. The molecule has 1 amide bonds. The first kappa shape index (κ1) is 14.7. The zero-order chi connectivity index (χ0) is 15.6. The van der Waals surface area contributed by atoms with Crippen LogP contribution in [-0.2, 0) is 9.59 Å². The normalized spacial score (nSPS) is 18.2. The molecule has 112 valence electrons. The van der Waals surface area contributed by atoms with Gasteiger partial charge < -0.3 is 15.3 Å². The third-order valence-corrected chi connectivity index (χ3v) is 3.15. The lowest BCUT2D eigenvalue weighted by Gasteiger charge is -2.36. The molecule has 9 heteroatoms. The van der Waals surface area contributed by atoms with E-state index in [4.69, 9.17) is 5.11 Å². The minimum atomic E-state index is -1.19. The number of benzene rings is 1. The van der Waals surface area contributed by atoms with Gasteiger partial charge in [-0.15, -0.1) is 0 Å². The number of nitro benzene ring substituents is 1. The van der Waals surface area contributed by atoms with E-state index in [1.807, 2.05) is 0 Å². The second kappa shape index (κ2) is 5.73. The van der Waals surface area contributed by atoms with Crippen molar-refractivity contribution in [3.05, 3.63) is 34.1 Å². The topological polar surface area (TPSA) is 113 Å². The van der Waals surface area contributed by atoms with Gasteiger partial charge in [0.25, 0.3) is 5.69 Å². The summed E-state index contributed by atoms with van der Waals surface area (Å²) in [6.45, 7) is 0.462. The molecule has 21 heavy (non-hydrogen) atoms. The van der Waals surface area contributed by atoms with Crippen molar-refractivity contribution in [2.75, 3.05) is 18.0 Å². The Labute approximate surface area is 118 Å². The highest BCUT2D eigenvalue weighted by Gasteiger charge is 2.33. The number of anilines is 1. The highest BCUT2D eigenvalue weighted by atomic mass is 19.1. The van der Waals surface area contributed by atoms with E-state index in [0.717, 1.165) is 12.1 Å². The van der Waals surface area contributed by atoms with Crippen molar-refractivity contribution in [3.63, 3.8) is 0 Å². The van der Waals surface area contributed by atoms with E-state index in [9.17, 15) is 24.1 Å². The standard InChI is InChI=1S/C12H12FN3O5/c13-8-5-7(16(20)21)1-2-9(8)15-4-3-14-12(19)10(15)6-11(17)18/h1-2,5,10H,3-4,6H2,(H,14,19)(H,17,18). The Morgan fingerprint density at radius 2 is 2.29 bits per heavy atom. The largest absolute Gasteiger partial charge is 0.481 e. The van der Waals surface area contributed by atoms with Gasteiger partial charge in [-0.25, -0.2) is 4.39 Å². The third-order valence-electron chi connectivity index (χ3n) is 3.15. The van der Waals surface area contributed by atoms with E-state index >= 15 is 0 Å². The molecule has 1 fully saturated rings. The number of hydrogen-bond donors (Lipinski definition) is 2. The Balaban J connectivity index is 2.35. The second-order valence-electron chi connectivity index (χ2n) is 4.49. The van der Waals surface area contributed by atoms with Gasteiger partial charge in [0.05, 0.1) is 23.1 Å². The molecule has 0 spiro atoms. The second-order valence-corrected chi connectivity index (χ2v) is 4.49. The van der Waals surface area contributed by atoms with Crippen molar-refractivity contribution >= 4 is 23.3 Å². The zero-order valence-corrected chi connectivity index (χ0v) is 10.8. The molecule has 1 atom stereocenters. The minimum absolute atomic E-state index is 0.0262. The highest BCUT2D eigenvalue weighted by Crippen LogP contribution is 2.27. The first-order valence-corrected chi connectivity index (χ1v) is 6.10. The van der Waals surface area contributed by atoms with Crippen LogP contribution in [0.1, 0.15) is 6.42 Å². The van der Waals surface area contributed by atoms with Gasteiger partial charge in [-0.1, -0.05) is 0 Å². The maximum absolute atomic E-state index is 14.0. The maximum atomic E-state index is 14.0. The van der Waals surface area contributed by atoms with Gasteiger partial charge in [0, 0.05) is 19.2 Å². The van der Waals surface area contributed by atoms with Gasteiger partial charge in [-0.05, 0) is 6.07 Å². The van der Waals surface area contributed by atoms with Gasteiger partial charge >= 0.3 is 5.97 Å². The van der Waals surface area contributed by atoms with Gasteiger partial charge in [0.2, 0.25) is 5.91 Å². The number of piperazine rings is 1. The molecule has 8 nitrogen and oxygen atoms in total. The summed E-state index contributed by atoms with van der Waals surface area (Å²) in [6, 6.07) is 2.00. The molecular formula is C12H12FN3O5. The number of carboxylic acids is 1. The van der Waals surface area contributed by atoms with Crippen LogP contribution in [0, 0.1) is 15.9 Å². The smallest absolute Gasteiger partial charge is 0.305 e. The summed E-state index contributed by atoms with van der Waals surface area (Å²) in [4.78, 5) is 33.7. The van der Waals surface area contributed by atoms with Crippen molar-refractivity contribution in [1.29, 1.82) is 0 Å². The maximum Gasteiger partial charge on any atom is 0.305 e. The summed E-state index contributed by atoms with van der Waals surface area (Å²) in [5.74, 6) is -2.57. The predicted molar refractivity (Wildman–Crippen MR) is 69.5 cm³/mol. The van der Waals surface area contributed by atoms with Gasteiger partial charge in [-0.3, -0.25) is 19.7 Å². The van der Waals surface area contributed by atoms with Crippen LogP contribution >= 0.6 is 0 Å². The number of amides is 1. The van der Waals surface area contributed by atoms with E-state index in [2.05, 4.69) is 5.32 Å². The van der Waals surface area contributed by atoms with Crippen LogP contribution in [0.15, 0.2) is 18.2 Å². The zero-order valence-electron chi connectivity index (χ0n) is 10.8. The number of nitro groups is 1. The summed E-state index contributed by atoms with van der Waals surface area (Å²) in [7, 11) is 0. The molecule has 2 rings (SSSR count). The molecule has 1 aromatic carbocycles. The summed E-state index contributed by atoms with van der Waals surface area (Å²) in [5, 5.41) is 21.9. The first-order chi connectivity index (χ1) is 9.90. The summed E-state index contributed by atoms with van der Waals surface area (Å²) in [5.41, 5.74) is -0.436. The Kier molecular flexibility index (Phi) is 4.01. The molecule has 0 aromatic heterocycles. The summed E-state index contributed by atoms with van der Waals surface area (Å²) < 4.78 is 14.0. The fourth-order valence-electron chi connectivity index (χ4n) is 2.21. The number of carbonyl (C=O) groups excluding carboxylic acids is 1. The Bertz CT molecular complexity index is 607. The first-order valence-electron chi connectivity index (χ1n) is 6.10. The number of carbonyl (C=O) groups is 2. The monoisotopic (exact) mass is 297 g/mol. The molecule has 1 aliphatic heterocycles. The number of rotatable bonds is 4. The molecule has 0 radical (unpaired) electrons. The van der Waals surface area contributed by atoms with Crippen LogP contribution in [0.25, 0.3) is 0 Å². The van der Waals surface area contributed by atoms with Gasteiger partial charge in [-0.2, -0.15) is 0 Å². The van der Waals surface area contributed by atoms with Crippen molar-refractivity contribution < 1.29 is 24.0 Å². The van der Waals surface area contributed by atoms with Crippen LogP contribution in [0.2, 0.25) is 0 Å². The van der Waals surface area contributed by atoms with Crippen LogP contribution in [-0.4, -0.2) is 41.0 Å². The fourth-order valence-corrected chi connectivity index (χ4v) is 2.21. The number of hydrogen-bond acceptors (Lipinski definition) is 5. The molecule has 0 bridgehead atoms. The molecule has 0 aliphatic carbocycles. The number of nitrogens with one attached hydrogen (secondary N) is 1. The van der Waals surface area contributed by atoms with Crippen LogP contribution in [0.5, 0.6) is 0 Å². The van der Waals surface area contributed by atoms with Crippen molar-refractivity contribution in [1.82, 2.24) is 5.32 Å². The summed E-state index contributed by atoms with van der Waals surface area (Å²) >= 11 is 0. The fraction of sp³-hybridized carbons (Fsp3) is 0.333. The minimum Gasteiger partial charge on any atom is -0.481 e. The molecule has 1 aliphatic rings. The Morgan fingerprint density at radius 3 is 2.86 bits per heavy atom. The highest BCUT2D eigenvalue weighted by molar-refractivity contribution is 5.90. The molecule has 1 saturated heterocycles. The molecule has 1 heterocycles. The van der Waals surface area contributed by atoms with Crippen LogP contribution in [0.3, 0.4) is 0 Å². The Hall–Kier alpha value is -2.71. The van der Waals surface area contributed by atoms with Crippen molar-refractivity contribution in [2.24, 2.45) is 0 Å². The van der Waals surface area contributed by atoms with E-state index in [1.165, 1.54) is 11.0 Å². The molecular weight excluding hydrogens is 285 g/mol. The van der Waals surface area contributed by atoms with Gasteiger partial charge in [0.1, 0.15) is 6.04 Å². The number of carboxylic acid groups (broad SMARTS) is 1.